The topological polar surface area (TPSA) is 54.9 Å². The van der Waals surface area contributed by atoms with Crippen LogP contribution in [0.15, 0.2) is 54.6 Å². The zero-order valence-electron chi connectivity index (χ0n) is 12.2. The molecule has 1 N–H and O–H groups in total. The summed E-state index contributed by atoms with van der Waals surface area (Å²) in [6.07, 6.45) is 1.11. The molecule has 0 fully saturated rings. The van der Waals surface area contributed by atoms with E-state index in [4.69, 9.17) is 11.6 Å². The average Bonchev–Trinajstić information content (AvgIpc) is 3.02. The minimum absolute atomic E-state index is 0.0734. The summed E-state index contributed by atoms with van der Waals surface area (Å²) in [6, 6.07) is 17.3. The van der Waals surface area contributed by atoms with E-state index in [0.29, 0.717) is 28.0 Å². The minimum Gasteiger partial charge on any atom is -0.301 e. The summed E-state index contributed by atoms with van der Waals surface area (Å²) in [5.41, 5.74) is 1.95. The molecule has 0 spiro atoms. The Morgan fingerprint density at radius 2 is 1.78 bits per heavy atom. The molecular formula is C17H14ClN3OS. The molecule has 2 aromatic carbocycles. The first-order valence-corrected chi connectivity index (χ1v) is 8.34. The van der Waals surface area contributed by atoms with Gasteiger partial charge in [-0.05, 0) is 18.1 Å². The molecule has 4 nitrogen and oxygen atoms in total. The van der Waals surface area contributed by atoms with Crippen molar-refractivity contribution >= 4 is 34.0 Å². The van der Waals surface area contributed by atoms with Crippen LogP contribution in [0.3, 0.4) is 0 Å². The summed E-state index contributed by atoms with van der Waals surface area (Å²) >= 11 is 7.45. The maximum atomic E-state index is 12.0. The Morgan fingerprint density at radius 1 is 1.04 bits per heavy atom. The first-order chi connectivity index (χ1) is 11.2. The Morgan fingerprint density at radius 3 is 2.57 bits per heavy atom. The maximum Gasteiger partial charge on any atom is 0.226 e. The van der Waals surface area contributed by atoms with Gasteiger partial charge in [-0.3, -0.25) is 4.79 Å². The van der Waals surface area contributed by atoms with Crippen LogP contribution in [0.25, 0.3) is 10.6 Å². The fourth-order valence-electron chi connectivity index (χ4n) is 2.10. The predicted molar refractivity (Wildman–Crippen MR) is 93.7 cm³/mol. The molecular weight excluding hydrogens is 330 g/mol. The van der Waals surface area contributed by atoms with Gasteiger partial charge in [-0.15, -0.1) is 10.2 Å². The van der Waals surface area contributed by atoms with Crippen LogP contribution in [-0.2, 0) is 11.2 Å². The summed E-state index contributed by atoms with van der Waals surface area (Å²) in [4.78, 5) is 12.0. The van der Waals surface area contributed by atoms with Gasteiger partial charge in [0.15, 0.2) is 5.01 Å². The Balaban J connectivity index is 1.61. The summed E-state index contributed by atoms with van der Waals surface area (Å²) in [6.45, 7) is 0. The van der Waals surface area contributed by atoms with E-state index in [-0.39, 0.29) is 5.91 Å². The number of amides is 1. The molecule has 3 rings (SSSR count). The molecule has 0 radical (unpaired) electrons. The standard InChI is InChI=1S/C17H14ClN3OS/c18-14-9-5-4-8-13(14)16-20-21-17(23-16)19-15(22)11-10-12-6-2-1-3-7-12/h1-9H,10-11H2,(H,19,21,22). The van der Waals surface area contributed by atoms with Crippen molar-refractivity contribution in [2.75, 3.05) is 5.32 Å². The number of rotatable bonds is 5. The van der Waals surface area contributed by atoms with E-state index in [1.807, 2.05) is 48.5 Å². The van der Waals surface area contributed by atoms with Crippen molar-refractivity contribution in [3.63, 3.8) is 0 Å². The highest BCUT2D eigenvalue weighted by molar-refractivity contribution is 7.18. The van der Waals surface area contributed by atoms with E-state index in [2.05, 4.69) is 15.5 Å². The second-order valence-corrected chi connectivity index (χ2v) is 6.31. The molecule has 6 heteroatoms. The van der Waals surface area contributed by atoms with Crippen LogP contribution < -0.4 is 5.32 Å². The lowest BCUT2D eigenvalue weighted by molar-refractivity contribution is -0.116. The number of aryl methyl sites for hydroxylation is 1. The number of carbonyl (C=O) groups is 1. The van der Waals surface area contributed by atoms with E-state index < -0.39 is 0 Å². The largest absolute Gasteiger partial charge is 0.301 e. The average molecular weight is 344 g/mol. The van der Waals surface area contributed by atoms with Crippen LogP contribution in [0.5, 0.6) is 0 Å². The van der Waals surface area contributed by atoms with Gasteiger partial charge in [0.25, 0.3) is 0 Å². The van der Waals surface area contributed by atoms with Gasteiger partial charge in [0.2, 0.25) is 11.0 Å². The SMILES string of the molecule is O=C(CCc1ccccc1)Nc1nnc(-c2ccccc2Cl)s1. The van der Waals surface area contributed by atoms with Gasteiger partial charge in [-0.2, -0.15) is 0 Å². The third kappa shape index (κ3) is 4.15. The lowest BCUT2D eigenvalue weighted by atomic mass is 10.1. The number of hydrogen-bond donors (Lipinski definition) is 1. The smallest absolute Gasteiger partial charge is 0.226 e. The zero-order chi connectivity index (χ0) is 16.1. The van der Waals surface area contributed by atoms with Crippen molar-refractivity contribution in [1.29, 1.82) is 0 Å². The monoisotopic (exact) mass is 343 g/mol. The Bertz CT molecular complexity index is 804. The van der Waals surface area contributed by atoms with Gasteiger partial charge in [0, 0.05) is 12.0 Å². The number of nitrogens with one attached hydrogen (secondary N) is 1. The van der Waals surface area contributed by atoms with E-state index in [1.54, 1.807) is 6.07 Å². The van der Waals surface area contributed by atoms with Crippen molar-refractivity contribution in [3.8, 4) is 10.6 Å². The minimum atomic E-state index is -0.0734. The van der Waals surface area contributed by atoms with E-state index in [9.17, 15) is 4.79 Å². The van der Waals surface area contributed by atoms with E-state index in [1.165, 1.54) is 11.3 Å². The third-order valence-electron chi connectivity index (χ3n) is 3.26. The lowest BCUT2D eigenvalue weighted by Gasteiger charge is -2.01. The Hall–Kier alpha value is -2.24. The highest BCUT2D eigenvalue weighted by atomic mass is 35.5. The van der Waals surface area contributed by atoms with Crippen LogP contribution in [0, 0.1) is 0 Å². The molecule has 23 heavy (non-hydrogen) atoms. The molecule has 1 amide bonds. The molecule has 0 aliphatic rings. The molecule has 0 unspecified atom stereocenters. The first-order valence-electron chi connectivity index (χ1n) is 7.14. The first kappa shape index (κ1) is 15.6. The maximum absolute atomic E-state index is 12.0. The number of halogens is 1. The number of carbonyl (C=O) groups excluding carboxylic acids is 1. The van der Waals surface area contributed by atoms with Crippen molar-refractivity contribution < 1.29 is 4.79 Å². The summed E-state index contributed by atoms with van der Waals surface area (Å²) < 4.78 is 0. The molecule has 0 saturated carbocycles. The molecule has 0 bridgehead atoms. The second-order valence-electron chi connectivity index (χ2n) is 4.93. The normalized spacial score (nSPS) is 10.5. The predicted octanol–water partition coefficient (Wildman–Crippen LogP) is 4.43. The molecule has 0 atom stereocenters. The van der Waals surface area contributed by atoms with Gasteiger partial charge in [-0.1, -0.05) is 71.5 Å². The fourth-order valence-corrected chi connectivity index (χ4v) is 3.18. The highest BCUT2D eigenvalue weighted by Gasteiger charge is 2.11. The molecule has 0 aliphatic carbocycles. The van der Waals surface area contributed by atoms with Gasteiger partial charge in [0.1, 0.15) is 0 Å². The molecule has 0 aliphatic heterocycles. The van der Waals surface area contributed by atoms with Crippen molar-refractivity contribution in [1.82, 2.24) is 10.2 Å². The quantitative estimate of drug-likeness (QED) is 0.745. The van der Waals surface area contributed by atoms with Crippen molar-refractivity contribution in [3.05, 3.63) is 65.2 Å². The van der Waals surface area contributed by atoms with Gasteiger partial charge >= 0.3 is 0 Å². The fraction of sp³-hybridized carbons (Fsp3) is 0.118. The van der Waals surface area contributed by atoms with E-state index >= 15 is 0 Å². The van der Waals surface area contributed by atoms with Gasteiger partial charge in [-0.25, -0.2) is 0 Å². The van der Waals surface area contributed by atoms with E-state index in [0.717, 1.165) is 11.1 Å². The number of nitrogens with zero attached hydrogens (tertiary/aromatic N) is 2. The lowest BCUT2D eigenvalue weighted by Crippen LogP contribution is -2.12. The molecule has 0 saturated heterocycles. The number of anilines is 1. The molecule has 1 aromatic heterocycles. The van der Waals surface area contributed by atoms with Gasteiger partial charge < -0.3 is 5.32 Å². The van der Waals surface area contributed by atoms with Crippen LogP contribution in [0.1, 0.15) is 12.0 Å². The number of hydrogen-bond acceptors (Lipinski definition) is 4. The van der Waals surface area contributed by atoms with Crippen LogP contribution in [-0.4, -0.2) is 16.1 Å². The summed E-state index contributed by atoms with van der Waals surface area (Å²) in [5, 5.41) is 12.7. The summed E-state index contributed by atoms with van der Waals surface area (Å²) in [5.74, 6) is -0.0734. The Labute approximate surface area is 143 Å². The second kappa shape index (κ2) is 7.35. The van der Waals surface area contributed by atoms with Gasteiger partial charge in [0.05, 0.1) is 5.02 Å². The van der Waals surface area contributed by atoms with Crippen LogP contribution in [0.4, 0.5) is 5.13 Å². The molecule has 3 aromatic rings. The number of aromatic nitrogens is 2. The molecule has 116 valence electrons. The van der Waals surface area contributed by atoms with Crippen LogP contribution in [0.2, 0.25) is 5.02 Å². The number of benzene rings is 2. The van der Waals surface area contributed by atoms with Crippen molar-refractivity contribution in [2.45, 2.75) is 12.8 Å². The molecule has 1 heterocycles. The Kier molecular flexibility index (Phi) is 5.00. The zero-order valence-corrected chi connectivity index (χ0v) is 13.8. The summed E-state index contributed by atoms with van der Waals surface area (Å²) in [7, 11) is 0. The highest BCUT2D eigenvalue weighted by Crippen LogP contribution is 2.31. The third-order valence-corrected chi connectivity index (χ3v) is 4.46. The van der Waals surface area contributed by atoms with Crippen molar-refractivity contribution in [2.24, 2.45) is 0 Å². The van der Waals surface area contributed by atoms with Crippen LogP contribution >= 0.6 is 22.9 Å².